The van der Waals surface area contributed by atoms with Crippen molar-refractivity contribution < 1.29 is 24.4 Å². The third-order valence-electron chi connectivity index (χ3n) is 5.68. The van der Waals surface area contributed by atoms with Gasteiger partial charge in [-0.2, -0.15) is 0 Å². The molecule has 1 N–H and O–H groups in total. The van der Waals surface area contributed by atoms with Gasteiger partial charge in [0.15, 0.2) is 5.13 Å². The number of rotatable bonds is 5. The number of aromatic nitrogens is 1. The fourth-order valence-corrected chi connectivity index (χ4v) is 6.32. The van der Waals surface area contributed by atoms with Crippen LogP contribution in [0.25, 0.3) is 16.0 Å². The van der Waals surface area contributed by atoms with Crippen LogP contribution < -0.4 is 9.64 Å². The van der Waals surface area contributed by atoms with Crippen molar-refractivity contribution in [2.75, 3.05) is 12.0 Å². The monoisotopic (exact) mass is 541 g/mol. The number of ether oxygens (including phenoxy) is 1. The van der Waals surface area contributed by atoms with E-state index in [4.69, 9.17) is 16.3 Å². The van der Waals surface area contributed by atoms with Gasteiger partial charge < -0.3 is 9.84 Å². The summed E-state index contributed by atoms with van der Waals surface area (Å²) in [6.45, 7) is 1.78. The lowest BCUT2D eigenvalue weighted by Crippen LogP contribution is -2.28. The molecule has 2 aromatic heterocycles. The quantitative estimate of drug-likeness (QED) is 0.110. The molecule has 9 nitrogen and oxygen atoms in total. The number of nitro groups is 1. The molecule has 12 heteroatoms. The number of anilines is 1. The topological polar surface area (TPSA) is 123 Å². The summed E-state index contributed by atoms with van der Waals surface area (Å²) in [6.07, 6.45) is 0. The van der Waals surface area contributed by atoms with Gasteiger partial charge in [0.25, 0.3) is 11.5 Å². The maximum atomic E-state index is 13.3. The van der Waals surface area contributed by atoms with E-state index in [0.717, 1.165) is 16.9 Å². The van der Waals surface area contributed by atoms with Crippen LogP contribution in [0, 0.1) is 17.0 Å². The van der Waals surface area contributed by atoms with Crippen molar-refractivity contribution in [1.82, 2.24) is 4.98 Å². The number of aryl methyl sites for hydroxylation is 1. The van der Waals surface area contributed by atoms with Crippen molar-refractivity contribution in [2.45, 2.75) is 13.0 Å². The zero-order chi connectivity index (χ0) is 25.7. The van der Waals surface area contributed by atoms with Gasteiger partial charge in [0.05, 0.1) is 38.4 Å². The molecule has 0 aliphatic carbocycles. The molecule has 0 spiro atoms. The molecule has 4 aromatic rings. The number of aliphatic hydroxyl groups excluding tert-OH is 1. The minimum Gasteiger partial charge on any atom is -0.507 e. The number of halogens is 1. The van der Waals surface area contributed by atoms with Gasteiger partial charge in [0.2, 0.25) is 0 Å². The first-order valence-electron chi connectivity index (χ1n) is 10.4. The average Bonchev–Trinajstić information content (AvgIpc) is 3.56. The summed E-state index contributed by atoms with van der Waals surface area (Å²) in [5, 5.41) is 24.8. The van der Waals surface area contributed by atoms with E-state index in [1.807, 2.05) is 0 Å². The van der Waals surface area contributed by atoms with Crippen LogP contribution in [-0.4, -0.2) is 33.8 Å². The van der Waals surface area contributed by atoms with Crippen LogP contribution in [0.2, 0.25) is 5.02 Å². The summed E-state index contributed by atoms with van der Waals surface area (Å²) in [4.78, 5) is 43.7. The minimum absolute atomic E-state index is 0.113. The Balaban J connectivity index is 1.73. The number of thiophene rings is 1. The Morgan fingerprint density at radius 3 is 2.69 bits per heavy atom. The number of fused-ring (bicyclic) bond motifs is 1. The molecule has 1 atom stereocenters. The summed E-state index contributed by atoms with van der Waals surface area (Å²) in [6, 6.07) is 10.0. The highest BCUT2D eigenvalue weighted by atomic mass is 35.5. The van der Waals surface area contributed by atoms with Crippen LogP contribution >= 0.6 is 34.3 Å². The van der Waals surface area contributed by atoms with E-state index < -0.39 is 28.4 Å². The second kappa shape index (κ2) is 9.01. The Morgan fingerprint density at radius 2 is 2.03 bits per heavy atom. The number of amides is 1. The summed E-state index contributed by atoms with van der Waals surface area (Å²) in [5.74, 6) is -2.02. The smallest absolute Gasteiger partial charge is 0.301 e. The third-order valence-corrected chi connectivity index (χ3v) is 7.90. The van der Waals surface area contributed by atoms with Gasteiger partial charge in [-0.25, -0.2) is 4.98 Å². The Kier molecular flexibility index (Phi) is 5.99. The fraction of sp³-hybridized carbons (Fsp3) is 0.125. The number of non-ortho nitro benzene ring substituents is 1. The van der Waals surface area contributed by atoms with Crippen molar-refractivity contribution in [2.24, 2.45) is 0 Å². The number of aliphatic hydroxyl groups is 1. The highest BCUT2D eigenvalue weighted by molar-refractivity contribution is 7.22. The second-order valence-corrected chi connectivity index (χ2v) is 10.3. The van der Waals surface area contributed by atoms with E-state index in [2.05, 4.69) is 4.98 Å². The summed E-state index contributed by atoms with van der Waals surface area (Å²) >= 11 is 8.67. The number of methoxy groups -OCH3 is 1. The molecule has 0 saturated carbocycles. The van der Waals surface area contributed by atoms with E-state index in [1.165, 1.54) is 41.5 Å². The van der Waals surface area contributed by atoms with Crippen LogP contribution in [0.4, 0.5) is 10.8 Å². The van der Waals surface area contributed by atoms with Crippen LogP contribution in [0.5, 0.6) is 5.75 Å². The van der Waals surface area contributed by atoms with Crippen LogP contribution in [0.3, 0.4) is 0 Å². The molecule has 1 aliphatic heterocycles. The number of hydrogen-bond acceptors (Lipinski definition) is 9. The highest BCUT2D eigenvalue weighted by Crippen LogP contribution is 2.47. The third kappa shape index (κ3) is 3.81. The van der Waals surface area contributed by atoms with Crippen molar-refractivity contribution in [3.05, 3.63) is 84.6 Å². The number of nitrogens with zero attached hydrogens (tertiary/aromatic N) is 3. The summed E-state index contributed by atoms with van der Waals surface area (Å²) in [5.41, 5.74) is 1.10. The lowest BCUT2D eigenvalue weighted by atomic mass is 9.98. The molecule has 1 amide bonds. The Morgan fingerprint density at radius 1 is 1.25 bits per heavy atom. The maximum absolute atomic E-state index is 13.3. The van der Waals surface area contributed by atoms with Crippen LogP contribution in [0.15, 0.2) is 53.4 Å². The summed E-state index contributed by atoms with van der Waals surface area (Å²) < 4.78 is 5.87. The Bertz CT molecular complexity index is 1590. The maximum Gasteiger partial charge on any atom is 0.301 e. The van der Waals surface area contributed by atoms with Crippen molar-refractivity contribution in [1.29, 1.82) is 0 Å². The van der Waals surface area contributed by atoms with Crippen molar-refractivity contribution in [3.63, 3.8) is 0 Å². The second-order valence-electron chi connectivity index (χ2n) is 7.92. The van der Waals surface area contributed by atoms with Crippen molar-refractivity contribution in [3.8, 4) is 5.75 Å². The first-order chi connectivity index (χ1) is 17.2. The van der Waals surface area contributed by atoms with Gasteiger partial charge in [-0.05, 0) is 42.1 Å². The van der Waals surface area contributed by atoms with Gasteiger partial charge in [0, 0.05) is 17.0 Å². The number of benzene rings is 2. The Hall–Kier alpha value is -3.80. The molecular formula is C24H16ClN3O6S2. The molecule has 0 radical (unpaired) electrons. The molecular weight excluding hydrogens is 526 g/mol. The van der Waals surface area contributed by atoms with E-state index in [0.29, 0.717) is 15.1 Å². The number of Topliss-reactive ketones (excluding diaryl/α,β-unsaturated/α-hetero) is 1. The lowest BCUT2D eigenvalue weighted by molar-refractivity contribution is -0.384. The fourth-order valence-electron chi connectivity index (χ4n) is 4.12. The van der Waals surface area contributed by atoms with Gasteiger partial charge >= 0.3 is 5.91 Å². The molecule has 5 rings (SSSR count). The van der Waals surface area contributed by atoms with E-state index in [-0.39, 0.29) is 32.7 Å². The number of nitro benzene ring substituents is 1. The number of hydrogen-bond donors (Lipinski definition) is 1. The predicted molar refractivity (Wildman–Crippen MR) is 138 cm³/mol. The molecule has 1 unspecified atom stereocenters. The largest absolute Gasteiger partial charge is 0.507 e. The first-order valence-corrected chi connectivity index (χ1v) is 12.5. The van der Waals surface area contributed by atoms with E-state index in [9.17, 15) is 24.8 Å². The SMILES string of the molecule is COc1c(Cl)cc(C)cc1/C(O)=C1\C(=O)C(=O)N(c2nc3ccc([N+](=O)[O-])cc3s2)C1c1cccs1. The van der Waals surface area contributed by atoms with Gasteiger partial charge in [-0.15, -0.1) is 11.3 Å². The number of thiazole rings is 1. The standard InChI is InChI=1S/C24H16ClN3O6S2/c1-11-8-13(22(34-2)14(25)9-11)20(29)18-19(16-4-3-7-35-16)27(23(31)21(18)30)24-26-15-6-5-12(28(32)33)10-17(15)36-24/h3-10,19,29H,1-2H3/b20-18+. The molecule has 182 valence electrons. The number of carbonyl (C=O) groups excluding carboxylic acids is 2. The number of carbonyl (C=O) groups is 2. The Labute approximate surface area is 217 Å². The zero-order valence-corrected chi connectivity index (χ0v) is 21.1. The van der Waals surface area contributed by atoms with Gasteiger partial charge in [-0.3, -0.25) is 24.6 Å². The van der Waals surface area contributed by atoms with Crippen LogP contribution in [-0.2, 0) is 9.59 Å². The average molecular weight is 542 g/mol. The van der Waals surface area contributed by atoms with E-state index in [1.54, 1.807) is 36.6 Å². The number of ketones is 1. The van der Waals surface area contributed by atoms with Crippen molar-refractivity contribution >= 4 is 72.8 Å². The first kappa shape index (κ1) is 23.9. The molecule has 2 aromatic carbocycles. The normalized spacial score (nSPS) is 17.2. The molecule has 0 bridgehead atoms. The molecule has 1 aliphatic rings. The predicted octanol–water partition coefficient (Wildman–Crippen LogP) is 5.86. The van der Waals surface area contributed by atoms with Gasteiger partial charge in [-0.1, -0.05) is 29.0 Å². The molecule has 36 heavy (non-hydrogen) atoms. The summed E-state index contributed by atoms with van der Waals surface area (Å²) in [7, 11) is 1.39. The van der Waals surface area contributed by atoms with Gasteiger partial charge in [0.1, 0.15) is 17.6 Å². The highest BCUT2D eigenvalue weighted by Gasteiger charge is 2.49. The minimum atomic E-state index is -0.968. The van der Waals surface area contributed by atoms with E-state index >= 15 is 0 Å². The molecule has 3 heterocycles. The molecule has 1 fully saturated rings. The lowest BCUT2D eigenvalue weighted by Gasteiger charge is -2.21. The van der Waals surface area contributed by atoms with Crippen LogP contribution in [0.1, 0.15) is 22.0 Å². The molecule has 1 saturated heterocycles. The zero-order valence-electron chi connectivity index (χ0n) is 18.7.